The second-order valence-electron chi connectivity index (χ2n) is 6.66. The van der Waals surface area contributed by atoms with Crippen molar-refractivity contribution >= 4 is 0 Å². The van der Waals surface area contributed by atoms with Gasteiger partial charge in [-0.2, -0.15) is 0 Å². The Labute approximate surface area is 136 Å². The Balaban J connectivity index is 2.04. The van der Waals surface area contributed by atoms with Crippen molar-refractivity contribution in [2.75, 3.05) is 26.6 Å². The van der Waals surface area contributed by atoms with Crippen LogP contribution in [0.3, 0.4) is 0 Å². The molecule has 132 valence electrons. The molecule has 0 aromatic rings. The van der Waals surface area contributed by atoms with Crippen molar-refractivity contribution in [1.82, 2.24) is 0 Å². The second kappa shape index (κ2) is 12.3. The van der Waals surface area contributed by atoms with Crippen LogP contribution in [0.15, 0.2) is 0 Å². The number of unbranched alkanes of at least 4 members (excludes halogenated alkanes) is 5. The summed E-state index contributed by atoms with van der Waals surface area (Å²) < 4.78 is 22.9. The molecule has 4 nitrogen and oxygen atoms in total. The lowest BCUT2D eigenvalue weighted by molar-refractivity contribution is -0.128. The van der Waals surface area contributed by atoms with Gasteiger partial charge in [-0.1, -0.05) is 46.0 Å². The van der Waals surface area contributed by atoms with Crippen LogP contribution in [0, 0.1) is 5.92 Å². The minimum Gasteiger partial charge on any atom is -0.376 e. The molecule has 0 radical (unpaired) electrons. The zero-order valence-electron chi connectivity index (χ0n) is 15.0. The van der Waals surface area contributed by atoms with Crippen molar-refractivity contribution in [3.05, 3.63) is 0 Å². The number of rotatable bonds is 13. The first-order valence-corrected chi connectivity index (χ1v) is 9.07. The minimum absolute atomic E-state index is 0.0371. The zero-order valence-corrected chi connectivity index (χ0v) is 15.0. The molecule has 0 N–H and O–H groups in total. The monoisotopic (exact) mass is 316 g/mol. The summed E-state index contributed by atoms with van der Waals surface area (Å²) in [5.41, 5.74) is 0. The van der Waals surface area contributed by atoms with E-state index in [2.05, 4.69) is 13.8 Å². The molecule has 1 aliphatic heterocycles. The highest BCUT2D eigenvalue weighted by molar-refractivity contribution is 4.82. The molecular formula is C18H36O4. The van der Waals surface area contributed by atoms with Crippen LogP contribution in [0.4, 0.5) is 0 Å². The number of hydrogen-bond acceptors (Lipinski definition) is 4. The van der Waals surface area contributed by atoms with Gasteiger partial charge in [0.25, 0.3) is 0 Å². The van der Waals surface area contributed by atoms with Crippen molar-refractivity contribution in [1.29, 1.82) is 0 Å². The fraction of sp³-hybridized carbons (Fsp3) is 1.00. The van der Waals surface area contributed by atoms with Gasteiger partial charge in [0.1, 0.15) is 12.9 Å². The predicted octanol–water partition coefficient (Wildman–Crippen LogP) is 4.17. The van der Waals surface area contributed by atoms with Crippen LogP contribution in [-0.4, -0.2) is 44.9 Å². The average molecular weight is 316 g/mol. The standard InChI is InChI=1S/C18H36O4/c1-5-6-7-8-9-10-11-19-14-22-18-16(4)12-21-17(18)13-20-15(2)3/h15-18H,5-14H2,1-4H3/t16?,17-,18-/m1/s1. The zero-order chi connectivity index (χ0) is 16.2. The summed E-state index contributed by atoms with van der Waals surface area (Å²) in [6.45, 7) is 11.0. The molecule has 0 bridgehead atoms. The SMILES string of the molecule is CCCCCCCCOCO[C@@H]1C(C)CO[C@@H]1COC(C)C. The topological polar surface area (TPSA) is 36.9 Å². The van der Waals surface area contributed by atoms with Crippen LogP contribution in [0.25, 0.3) is 0 Å². The van der Waals surface area contributed by atoms with E-state index in [4.69, 9.17) is 18.9 Å². The van der Waals surface area contributed by atoms with E-state index in [0.29, 0.717) is 19.3 Å². The minimum atomic E-state index is 0.0371. The van der Waals surface area contributed by atoms with Crippen LogP contribution >= 0.6 is 0 Å². The molecule has 3 atom stereocenters. The van der Waals surface area contributed by atoms with Gasteiger partial charge in [-0.05, 0) is 20.3 Å². The highest BCUT2D eigenvalue weighted by Crippen LogP contribution is 2.23. The molecule has 1 aliphatic rings. The van der Waals surface area contributed by atoms with Gasteiger partial charge in [-0.3, -0.25) is 0 Å². The first kappa shape index (κ1) is 19.9. The predicted molar refractivity (Wildman–Crippen MR) is 89.1 cm³/mol. The van der Waals surface area contributed by atoms with Crippen molar-refractivity contribution in [3.8, 4) is 0 Å². The molecule has 1 rings (SSSR count). The lowest BCUT2D eigenvalue weighted by Gasteiger charge is -2.22. The maximum Gasteiger partial charge on any atom is 0.147 e. The molecule has 0 amide bonds. The average Bonchev–Trinajstić information content (AvgIpc) is 2.84. The lowest BCUT2D eigenvalue weighted by atomic mass is 10.0. The van der Waals surface area contributed by atoms with Gasteiger partial charge >= 0.3 is 0 Å². The lowest BCUT2D eigenvalue weighted by Crippen LogP contribution is -2.34. The maximum absolute atomic E-state index is 5.88. The highest BCUT2D eigenvalue weighted by Gasteiger charge is 2.35. The third-order valence-electron chi connectivity index (χ3n) is 4.08. The van der Waals surface area contributed by atoms with E-state index in [1.165, 1.54) is 32.1 Å². The van der Waals surface area contributed by atoms with Crippen LogP contribution in [0.5, 0.6) is 0 Å². The summed E-state index contributed by atoms with van der Waals surface area (Å²) in [6.07, 6.45) is 8.05. The molecule has 1 unspecified atom stereocenters. The largest absolute Gasteiger partial charge is 0.376 e. The molecule has 22 heavy (non-hydrogen) atoms. The fourth-order valence-electron chi connectivity index (χ4n) is 2.70. The molecule has 4 heteroatoms. The smallest absolute Gasteiger partial charge is 0.147 e. The van der Waals surface area contributed by atoms with Crippen molar-refractivity contribution < 1.29 is 18.9 Å². The maximum atomic E-state index is 5.88. The second-order valence-corrected chi connectivity index (χ2v) is 6.66. The van der Waals surface area contributed by atoms with Gasteiger partial charge in [0.05, 0.1) is 25.4 Å². The number of hydrogen-bond donors (Lipinski definition) is 0. The molecule has 0 aromatic heterocycles. The Bertz CT molecular complexity index is 257. The van der Waals surface area contributed by atoms with E-state index < -0.39 is 0 Å². The van der Waals surface area contributed by atoms with E-state index in [0.717, 1.165) is 19.6 Å². The molecule has 0 saturated carbocycles. The van der Waals surface area contributed by atoms with Gasteiger partial charge in [0, 0.05) is 12.5 Å². The molecule has 0 spiro atoms. The van der Waals surface area contributed by atoms with Crippen LogP contribution < -0.4 is 0 Å². The third kappa shape index (κ3) is 8.47. The van der Waals surface area contributed by atoms with Crippen molar-refractivity contribution in [2.24, 2.45) is 5.92 Å². The summed E-state index contributed by atoms with van der Waals surface area (Å²) >= 11 is 0. The normalized spacial score (nSPS) is 25.2. The van der Waals surface area contributed by atoms with E-state index in [9.17, 15) is 0 Å². The van der Waals surface area contributed by atoms with Crippen molar-refractivity contribution in [3.63, 3.8) is 0 Å². The summed E-state index contributed by atoms with van der Waals surface area (Å²) in [6, 6.07) is 0. The summed E-state index contributed by atoms with van der Waals surface area (Å²) in [5, 5.41) is 0. The van der Waals surface area contributed by atoms with Gasteiger partial charge < -0.3 is 18.9 Å². The highest BCUT2D eigenvalue weighted by atomic mass is 16.7. The van der Waals surface area contributed by atoms with E-state index >= 15 is 0 Å². The van der Waals surface area contributed by atoms with Gasteiger partial charge in [-0.25, -0.2) is 0 Å². The first-order chi connectivity index (χ1) is 10.6. The van der Waals surface area contributed by atoms with Crippen LogP contribution in [-0.2, 0) is 18.9 Å². The Morgan fingerprint density at radius 3 is 2.55 bits per heavy atom. The molecule has 0 aromatic carbocycles. The van der Waals surface area contributed by atoms with Gasteiger partial charge in [0.2, 0.25) is 0 Å². The molecular weight excluding hydrogens is 280 g/mol. The van der Waals surface area contributed by atoms with E-state index in [1.807, 2.05) is 13.8 Å². The Morgan fingerprint density at radius 2 is 1.82 bits per heavy atom. The quantitative estimate of drug-likeness (QED) is 0.377. The first-order valence-electron chi connectivity index (χ1n) is 9.07. The molecule has 1 heterocycles. The van der Waals surface area contributed by atoms with Gasteiger partial charge in [-0.15, -0.1) is 0 Å². The van der Waals surface area contributed by atoms with E-state index in [-0.39, 0.29) is 18.3 Å². The molecule has 0 aliphatic carbocycles. The number of ether oxygens (including phenoxy) is 4. The Kier molecular flexibility index (Phi) is 11.1. The Hall–Kier alpha value is -0.160. The molecule has 1 fully saturated rings. The van der Waals surface area contributed by atoms with Crippen LogP contribution in [0.2, 0.25) is 0 Å². The Morgan fingerprint density at radius 1 is 1.09 bits per heavy atom. The van der Waals surface area contributed by atoms with Crippen LogP contribution in [0.1, 0.15) is 66.2 Å². The summed E-state index contributed by atoms with van der Waals surface area (Å²) in [4.78, 5) is 0. The molecule has 1 saturated heterocycles. The fourth-order valence-corrected chi connectivity index (χ4v) is 2.70. The van der Waals surface area contributed by atoms with Crippen molar-refractivity contribution in [2.45, 2.75) is 84.5 Å². The van der Waals surface area contributed by atoms with E-state index in [1.54, 1.807) is 0 Å². The summed E-state index contributed by atoms with van der Waals surface area (Å²) in [5.74, 6) is 0.401. The summed E-state index contributed by atoms with van der Waals surface area (Å²) in [7, 11) is 0. The third-order valence-corrected chi connectivity index (χ3v) is 4.08. The van der Waals surface area contributed by atoms with Gasteiger partial charge in [0.15, 0.2) is 0 Å².